The molecule has 0 saturated carbocycles. The second-order valence-corrected chi connectivity index (χ2v) is 9.59. The van der Waals surface area contributed by atoms with Crippen LogP contribution >= 0.6 is 11.6 Å². The first kappa shape index (κ1) is 23.6. The van der Waals surface area contributed by atoms with Gasteiger partial charge in [0.25, 0.3) is 0 Å². The second kappa shape index (κ2) is 10.6. The monoisotopic (exact) mass is 468 g/mol. The Morgan fingerprint density at radius 2 is 1.79 bits per heavy atom. The molecule has 2 heterocycles. The Hall–Kier alpha value is -2.57. The summed E-state index contributed by atoms with van der Waals surface area (Å²) < 4.78 is 0. The van der Waals surface area contributed by atoms with Gasteiger partial charge in [-0.3, -0.25) is 14.5 Å². The van der Waals surface area contributed by atoms with E-state index in [1.165, 1.54) is 23.2 Å². The van der Waals surface area contributed by atoms with E-state index in [1.807, 2.05) is 13.0 Å². The Labute approximate surface area is 201 Å². The molecule has 2 amide bonds. The molecule has 2 aliphatic rings. The lowest BCUT2D eigenvalue weighted by Gasteiger charge is -2.36. The maximum Gasteiger partial charge on any atom is 0.313 e. The summed E-state index contributed by atoms with van der Waals surface area (Å²) in [4.78, 5) is 29.9. The highest BCUT2D eigenvalue weighted by Crippen LogP contribution is 2.31. The van der Waals surface area contributed by atoms with E-state index in [1.54, 1.807) is 12.1 Å². The van der Waals surface area contributed by atoms with E-state index < -0.39 is 11.8 Å². The van der Waals surface area contributed by atoms with Crippen molar-refractivity contribution in [2.24, 2.45) is 0 Å². The van der Waals surface area contributed by atoms with Crippen molar-refractivity contribution in [2.45, 2.75) is 45.1 Å². The van der Waals surface area contributed by atoms with Crippen molar-refractivity contribution in [1.82, 2.24) is 10.2 Å². The highest BCUT2D eigenvalue weighted by atomic mass is 35.5. The van der Waals surface area contributed by atoms with Crippen LogP contribution in [0.2, 0.25) is 5.02 Å². The summed E-state index contributed by atoms with van der Waals surface area (Å²) in [5, 5.41) is 6.08. The molecule has 6 nitrogen and oxygen atoms in total. The average molecular weight is 469 g/mol. The van der Waals surface area contributed by atoms with Gasteiger partial charge >= 0.3 is 11.8 Å². The zero-order valence-electron chi connectivity index (χ0n) is 19.5. The number of benzene rings is 2. The number of nitrogens with one attached hydrogen (secondary N) is 2. The average Bonchev–Trinajstić information content (AvgIpc) is 2.82. The molecular weight excluding hydrogens is 436 g/mol. The lowest BCUT2D eigenvalue weighted by Crippen LogP contribution is -2.43. The number of hydrogen-bond donors (Lipinski definition) is 2. The Morgan fingerprint density at radius 1 is 1.00 bits per heavy atom. The topological polar surface area (TPSA) is 64.7 Å². The smallest absolute Gasteiger partial charge is 0.313 e. The first-order valence-electron chi connectivity index (χ1n) is 11.9. The van der Waals surface area contributed by atoms with Crippen LogP contribution in [0.25, 0.3) is 0 Å². The maximum absolute atomic E-state index is 12.7. The van der Waals surface area contributed by atoms with Gasteiger partial charge in [0.05, 0.1) is 6.04 Å². The molecule has 2 N–H and O–H groups in total. The van der Waals surface area contributed by atoms with E-state index in [0.717, 1.165) is 50.9 Å². The predicted molar refractivity (Wildman–Crippen MR) is 134 cm³/mol. The van der Waals surface area contributed by atoms with Gasteiger partial charge in [0, 0.05) is 36.5 Å². The molecule has 0 bridgehead atoms. The van der Waals surface area contributed by atoms with Crippen molar-refractivity contribution < 1.29 is 9.59 Å². The SMILES string of the molecule is Cc1ccc(Cl)cc1NC(=O)C(=O)NCC(c1ccc2c(c1)CCCN2C)N1CCCCC1. The van der Waals surface area contributed by atoms with Crippen LogP contribution in [0.3, 0.4) is 0 Å². The minimum atomic E-state index is -0.676. The standard InChI is InChI=1S/C26H33ClN4O2/c1-18-8-10-21(27)16-22(18)29-26(33)25(32)28-17-24(31-13-4-3-5-14-31)20-9-11-23-19(15-20)7-6-12-30(23)2/h8-11,15-16,24H,3-7,12-14,17H2,1-2H3,(H,28,32)(H,29,33). The van der Waals surface area contributed by atoms with Gasteiger partial charge in [0.2, 0.25) is 0 Å². The van der Waals surface area contributed by atoms with E-state index in [4.69, 9.17) is 11.6 Å². The third-order valence-corrected chi connectivity index (χ3v) is 7.02. The number of amides is 2. The number of hydrogen-bond acceptors (Lipinski definition) is 4. The van der Waals surface area contributed by atoms with E-state index in [2.05, 4.69) is 45.7 Å². The van der Waals surface area contributed by atoms with E-state index in [9.17, 15) is 9.59 Å². The van der Waals surface area contributed by atoms with Gasteiger partial charge in [-0.1, -0.05) is 36.2 Å². The highest BCUT2D eigenvalue weighted by Gasteiger charge is 2.26. The van der Waals surface area contributed by atoms with Gasteiger partial charge < -0.3 is 15.5 Å². The van der Waals surface area contributed by atoms with Crippen molar-refractivity contribution in [3.63, 3.8) is 0 Å². The van der Waals surface area contributed by atoms with Crippen LogP contribution in [0, 0.1) is 6.92 Å². The number of nitrogens with zero attached hydrogens (tertiary/aromatic N) is 2. The molecule has 2 aromatic rings. The summed E-state index contributed by atoms with van der Waals surface area (Å²) in [5.41, 5.74) is 5.27. The number of halogens is 1. The molecule has 0 aliphatic carbocycles. The number of piperidine rings is 1. The fourth-order valence-electron chi connectivity index (χ4n) is 4.88. The second-order valence-electron chi connectivity index (χ2n) is 9.15. The van der Waals surface area contributed by atoms with Crippen LogP contribution in [0.15, 0.2) is 36.4 Å². The fraction of sp³-hybridized carbons (Fsp3) is 0.462. The number of likely N-dealkylation sites (tertiary alicyclic amines) is 1. The zero-order chi connectivity index (χ0) is 23.4. The first-order valence-corrected chi connectivity index (χ1v) is 12.2. The van der Waals surface area contributed by atoms with Gasteiger partial charge in [0.15, 0.2) is 0 Å². The maximum atomic E-state index is 12.7. The van der Waals surface area contributed by atoms with Crippen molar-refractivity contribution in [3.8, 4) is 0 Å². The minimum absolute atomic E-state index is 0.0486. The third kappa shape index (κ3) is 5.68. The van der Waals surface area contributed by atoms with Gasteiger partial charge in [-0.25, -0.2) is 0 Å². The van der Waals surface area contributed by atoms with Gasteiger partial charge in [-0.05, 0) is 80.6 Å². The van der Waals surface area contributed by atoms with Gasteiger partial charge in [0.1, 0.15) is 0 Å². The molecule has 1 unspecified atom stereocenters. The van der Waals surface area contributed by atoms with Crippen LogP contribution in [0.1, 0.15) is 48.4 Å². The molecule has 4 rings (SSSR count). The van der Waals surface area contributed by atoms with Crippen molar-refractivity contribution in [1.29, 1.82) is 0 Å². The van der Waals surface area contributed by atoms with Crippen LogP contribution in [-0.2, 0) is 16.0 Å². The highest BCUT2D eigenvalue weighted by molar-refractivity contribution is 6.40. The van der Waals surface area contributed by atoms with Crippen LogP contribution in [0.4, 0.5) is 11.4 Å². The number of carbonyl (C=O) groups is 2. The van der Waals surface area contributed by atoms with Gasteiger partial charge in [-0.15, -0.1) is 0 Å². The summed E-state index contributed by atoms with van der Waals surface area (Å²) in [6, 6.07) is 12.0. The summed E-state index contributed by atoms with van der Waals surface area (Å²) in [6.07, 6.45) is 5.79. The molecule has 1 atom stereocenters. The fourth-order valence-corrected chi connectivity index (χ4v) is 5.05. The molecule has 176 valence electrons. The summed E-state index contributed by atoms with van der Waals surface area (Å²) in [5.74, 6) is -1.31. The molecule has 0 radical (unpaired) electrons. The molecule has 2 aromatic carbocycles. The van der Waals surface area contributed by atoms with Crippen molar-refractivity contribution >= 4 is 34.8 Å². The number of aryl methyl sites for hydroxylation is 2. The largest absolute Gasteiger partial charge is 0.374 e. The van der Waals surface area contributed by atoms with Crippen molar-refractivity contribution in [2.75, 3.05) is 43.4 Å². The van der Waals surface area contributed by atoms with Gasteiger partial charge in [-0.2, -0.15) is 0 Å². The van der Waals surface area contributed by atoms with Crippen LogP contribution < -0.4 is 15.5 Å². The number of fused-ring (bicyclic) bond motifs is 1. The van der Waals surface area contributed by atoms with E-state index in [-0.39, 0.29) is 6.04 Å². The first-order chi connectivity index (χ1) is 15.9. The van der Waals surface area contributed by atoms with Crippen LogP contribution in [0.5, 0.6) is 0 Å². The quantitative estimate of drug-likeness (QED) is 0.642. The summed E-state index contributed by atoms with van der Waals surface area (Å²) >= 11 is 6.04. The lowest BCUT2D eigenvalue weighted by atomic mass is 9.95. The zero-order valence-corrected chi connectivity index (χ0v) is 20.3. The lowest BCUT2D eigenvalue weighted by molar-refractivity contribution is -0.136. The Kier molecular flexibility index (Phi) is 7.56. The summed E-state index contributed by atoms with van der Waals surface area (Å²) in [6.45, 7) is 5.36. The normalized spacial score (nSPS) is 17.2. The predicted octanol–water partition coefficient (Wildman–Crippen LogP) is 4.31. The number of carbonyl (C=O) groups excluding carboxylic acids is 2. The number of anilines is 2. The van der Waals surface area contributed by atoms with E-state index >= 15 is 0 Å². The van der Waals surface area contributed by atoms with Crippen LogP contribution in [-0.4, -0.2) is 49.9 Å². The molecule has 33 heavy (non-hydrogen) atoms. The Morgan fingerprint density at radius 3 is 2.58 bits per heavy atom. The molecular formula is C26H33ClN4O2. The molecule has 7 heteroatoms. The third-order valence-electron chi connectivity index (χ3n) is 6.78. The molecule has 0 spiro atoms. The summed E-state index contributed by atoms with van der Waals surface area (Å²) in [7, 11) is 2.14. The molecule has 1 saturated heterocycles. The molecule has 2 aliphatic heterocycles. The van der Waals surface area contributed by atoms with Crippen molar-refractivity contribution in [3.05, 3.63) is 58.1 Å². The number of rotatable bonds is 5. The minimum Gasteiger partial charge on any atom is -0.374 e. The molecule has 0 aromatic heterocycles. The Bertz CT molecular complexity index is 1020. The Balaban J connectivity index is 1.47. The molecule has 1 fully saturated rings. The van der Waals surface area contributed by atoms with E-state index in [0.29, 0.717) is 17.3 Å².